The van der Waals surface area contributed by atoms with Gasteiger partial charge in [-0.2, -0.15) is 0 Å². The van der Waals surface area contributed by atoms with Gasteiger partial charge in [-0.15, -0.1) is 0 Å². The molecular weight excluding hydrogens is 254 g/mol. The van der Waals surface area contributed by atoms with Crippen LogP contribution in [0.3, 0.4) is 0 Å². The van der Waals surface area contributed by atoms with Crippen molar-refractivity contribution in [3.63, 3.8) is 0 Å². The Bertz CT molecular complexity index is 700. The van der Waals surface area contributed by atoms with Crippen LogP contribution >= 0.6 is 0 Å². The summed E-state index contributed by atoms with van der Waals surface area (Å²) in [5.74, 6) is -1.07. The van der Waals surface area contributed by atoms with Gasteiger partial charge in [0.2, 0.25) is 0 Å². The molecule has 0 saturated heterocycles. The number of sulfone groups is 1. The van der Waals surface area contributed by atoms with Crippen LogP contribution in [0, 0.1) is 0 Å². The molecule has 1 aromatic carbocycles. The number of hydrogen-bond acceptors (Lipinski definition) is 3. The Kier molecular flexibility index (Phi) is 3.13. The highest BCUT2D eigenvalue weighted by molar-refractivity contribution is 7.90. The highest BCUT2D eigenvalue weighted by Crippen LogP contribution is 2.20. The Hall–Kier alpha value is -1.82. The number of para-hydroxylation sites is 1. The number of aromatic amines is 1. The molecule has 0 radical (unpaired) electrons. The fourth-order valence-electron chi connectivity index (χ4n) is 1.81. The van der Waals surface area contributed by atoms with Gasteiger partial charge in [0.25, 0.3) is 0 Å². The zero-order chi connectivity index (χ0) is 13.3. The van der Waals surface area contributed by atoms with E-state index in [0.29, 0.717) is 16.6 Å². The highest BCUT2D eigenvalue weighted by Gasteiger charge is 2.14. The molecule has 0 spiro atoms. The summed E-state index contributed by atoms with van der Waals surface area (Å²) in [5.41, 5.74) is 1.12. The second kappa shape index (κ2) is 4.45. The van der Waals surface area contributed by atoms with E-state index in [1.807, 2.05) is 0 Å². The van der Waals surface area contributed by atoms with Crippen molar-refractivity contribution >= 4 is 26.7 Å². The van der Waals surface area contributed by atoms with Crippen molar-refractivity contribution in [1.29, 1.82) is 0 Å². The first-order valence-corrected chi connectivity index (χ1v) is 7.29. The topological polar surface area (TPSA) is 87.2 Å². The molecule has 0 aliphatic carbocycles. The third-order valence-corrected chi connectivity index (χ3v) is 4.39. The summed E-state index contributed by atoms with van der Waals surface area (Å²) in [6.45, 7) is 1.58. The van der Waals surface area contributed by atoms with E-state index in [1.165, 1.54) is 6.07 Å². The van der Waals surface area contributed by atoms with E-state index in [0.717, 1.165) is 0 Å². The second-order valence-corrected chi connectivity index (χ2v) is 6.40. The molecule has 0 amide bonds. The predicted molar refractivity (Wildman–Crippen MR) is 68.4 cm³/mol. The molecule has 0 aliphatic rings. The highest BCUT2D eigenvalue weighted by atomic mass is 32.2. The maximum Gasteiger partial charge on any atom is 0.337 e. The number of nitrogens with one attached hydrogen (secondary N) is 1. The van der Waals surface area contributed by atoms with E-state index < -0.39 is 15.8 Å². The molecule has 2 aromatic rings. The maximum absolute atomic E-state index is 11.5. The first kappa shape index (κ1) is 12.6. The molecule has 6 heteroatoms. The number of benzene rings is 1. The van der Waals surface area contributed by atoms with Crippen LogP contribution in [-0.2, 0) is 15.6 Å². The molecule has 0 fully saturated rings. The lowest BCUT2D eigenvalue weighted by atomic mass is 10.1. The number of aromatic carboxylic acids is 1. The zero-order valence-electron chi connectivity index (χ0n) is 9.80. The summed E-state index contributed by atoms with van der Waals surface area (Å²) in [4.78, 5) is 13.9. The number of hydrogen-bond donors (Lipinski definition) is 2. The number of carboxylic acid groups (broad SMARTS) is 1. The van der Waals surface area contributed by atoms with E-state index in [-0.39, 0.29) is 17.1 Å². The monoisotopic (exact) mass is 267 g/mol. The summed E-state index contributed by atoms with van der Waals surface area (Å²) in [6, 6.07) is 6.55. The number of rotatable bonds is 4. The van der Waals surface area contributed by atoms with Crippen molar-refractivity contribution in [1.82, 2.24) is 4.98 Å². The number of carbonyl (C=O) groups is 1. The van der Waals surface area contributed by atoms with Crippen molar-refractivity contribution in [3.8, 4) is 0 Å². The van der Waals surface area contributed by atoms with Gasteiger partial charge in [-0.1, -0.05) is 19.1 Å². The van der Waals surface area contributed by atoms with E-state index in [1.54, 1.807) is 25.1 Å². The summed E-state index contributed by atoms with van der Waals surface area (Å²) in [7, 11) is -3.13. The number of H-pyrrole nitrogens is 1. The molecule has 1 aromatic heterocycles. The predicted octanol–water partition coefficient (Wildman–Crippen LogP) is 1.80. The van der Waals surface area contributed by atoms with Crippen LogP contribution < -0.4 is 0 Å². The first-order valence-electron chi connectivity index (χ1n) is 5.47. The molecule has 18 heavy (non-hydrogen) atoms. The Morgan fingerprint density at radius 3 is 2.72 bits per heavy atom. The Balaban J connectivity index is 2.51. The second-order valence-electron chi connectivity index (χ2n) is 4.05. The molecule has 1 heterocycles. The molecule has 0 unspecified atom stereocenters. The summed E-state index contributed by atoms with van der Waals surface area (Å²) >= 11 is 0. The van der Waals surface area contributed by atoms with Crippen molar-refractivity contribution in [2.24, 2.45) is 0 Å². The van der Waals surface area contributed by atoms with E-state index in [9.17, 15) is 13.2 Å². The molecule has 2 N–H and O–H groups in total. The summed E-state index contributed by atoms with van der Waals surface area (Å²) < 4.78 is 23.1. The summed E-state index contributed by atoms with van der Waals surface area (Å²) in [5, 5.41) is 9.74. The van der Waals surface area contributed by atoms with Gasteiger partial charge in [-0.3, -0.25) is 0 Å². The van der Waals surface area contributed by atoms with Gasteiger partial charge in [0.15, 0.2) is 9.84 Å². The minimum absolute atomic E-state index is 0.0636. The lowest BCUT2D eigenvalue weighted by molar-refractivity contribution is 0.0699. The smallest absolute Gasteiger partial charge is 0.337 e. The van der Waals surface area contributed by atoms with Crippen molar-refractivity contribution in [3.05, 3.63) is 35.5 Å². The lowest BCUT2D eigenvalue weighted by Gasteiger charge is -1.98. The van der Waals surface area contributed by atoms with Gasteiger partial charge < -0.3 is 10.1 Å². The molecule has 0 atom stereocenters. The van der Waals surface area contributed by atoms with Gasteiger partial charge in [0.1, 0.15) is 0 Å². The fourth-order valence-corrected chi connectivity index (χ4v) is 2.64. The Labute approximate surface area is 104 Å². The van der Waals surface area contributed by atoms with Crippen molar-refractivity contribution < 1.29 is 18.3 Å². The standard InChI is InChI=1S/C12H13NO4S/c1-2-18(16,17)7-9-6-8-4-3-5-10(12(14)15)11(8)13-9/h3-6,13H,2,7H2,1H3,(H,14,15). The zero-order valence-corrected chi connectivity index (χ0v) is 10.6. The normalized spacial score (nSPS) is 11.8. The largest absolute Gasteiger partial charge is 0.478 e. The van der Waals surface area contributed by atoms with Crippen molar-refractivity contribution in [2.45, 2.75) is 12.7 Å². The molecule has 5 nitrogen and oxygen atoms in total. The van der Waals surface area contributed by atoms with Gasteiger partial charge in [-0.05, 0) is 12.1 Å². The van der Waals surface area contributed by atoms with Crippen molar-refractivity contribution in [2.75, 3.05) is 5.75 Å². The van der Waals surface area contributed by atoms with Crippen LogP contribution in [0.1, 0.15) is 23.0 Å². The van der Waals surface area contributed by atoms with E-state index in [4.69, 9.17) is 5.11 Å². The molecule has 96 valence electrons. The van der Waals surface area contributed by atoms with Gasteiger partial charge >= 0.3 is 5.97 Å². The van der Waals surface area contributed by atoms with E-state index >= 15 is 0 Å². The summed E-state index contributed by atoms with van der Waals surface area (Å²) in [6.07, 6.45) is 0. The molecule has 0 aliphatic heterocycles. The molecular formula is C12H13NO4S. The molecule has 0 saturated carbocycles. The van der Waals surface area contributed by atoms with Crippen LogP contribution in [0.25, 0.3) is 10.9 Å². The molecule has 0 bridgehead atoms. The minimum atomic E-state index is -3.13. The first-order chi connectivity index (χ1) is 8.43. The van der Waals surface area contributed by atoms with Crippen LogP contribution in [0.15, 0.2) is 24.3 Å². The van der Waals surface area contributed by atoms with Gasteiger partial charge in [0.05, 0.1) is 16.8 Å². The number of aromatic nitrogens is 1. The Morgan fingerprint density at radius 1 is 1.39 bits per heavy atom. The lowest BCUT2D eigenvalue weighted by Crippen LogP contribution is -2.06. The van der Waals surface area contributed by atoms with Crippen LogP contribution in [0.4, 0.5) is 0 Å². The molecule has 2 rings (SSSR count). The van der Waals surface area contributed by atoms with Gasteiger partial charge in [-0.25, -0.2) is 13.2 Å². The average Bonchev–Trinajstić information content (AvgIpc) is 2.69. The van der Waals surface area contributed by atoms with E-state index in [2.05, 4.69) is 4.98 Å². The fraction of sp³-hybridized carbons (Fsp3) is 0.250. The third-order valence-electron chi connectivity index (χ3n) is 2.76. The van der Waals surface area contributed by atoms with Crippen LogP contribution in [0.2, 0.25) is 0 Å². The van der Waals surface area contributed by atoms with Gasteiger partial charge in [0, 0.05) is 16.8 Å². The quantitative estimate of drug-likeness (QED) is 0.884. The number of fused-ring (bicyclic) bond motifs is 1. The average molecular weight is 267 g/mol. The SMILES string of the molecule is CCS(=O)(=O)Cc1cc2cccc(C(=O)O)c2[nH]1. The minimum Gasteiger partial charge on any atom is -0.478 e. The van der Waals surface area contributed by atoms with Crippen LogP contribution in [0.5, 0.6) is 0 Å². The van der Waals surface area contributed by atoms with Crippen LogP contribution in [-0.4, -0.2) is 30.2 Å². The maximum atomic E-state index is 11.5. The third kappa shape index (κ3) is 2.38. The Morgan fingerprint density at radius 2 is 2.11 bits per heavy atom. The number of carboxylic acids is 1.